The van der Waals surface area contributed by atoms with Gasteiger partial charge in [0.1, 0.15) is 12.1 Å². The lowest BCUT2D eigenvalue weighted by molar-refractivity contribution is 0.412. The maximum Gasteiger partial charge on any atom is 0.150 e. The molecule has 0 amide bonds. The first kappa shape index (κ1) is 18.3. The number of piperidine rings is 1. The number of hydrogen-bond acceptors (Lipinski definition) is 6. The molecule has 6 heteroatoms. The lowest BCUT2D eigenvalue weighted by atomic mass is 10.0. The average Bonchev–Trinajstić information content (AvgIpc) is 3.08. The van der Waals surface area contributed by atoms with E-state index in [1.54, 1.807) is 17.7 Å². The first-order valence-electron chi connectivity index (χ1n) is 9.79. The number of hydrogen-bond donors (Lipinski definition) is 1. The standard InChI is InChI=1S/C21H27N5S/c1-15-12-22-9-5-17(15)4-3-8-23-18-6-10-26(11-7-18)21-20-19(24-14-25-21)16(2)13-27-20/h5,9,12-14,18,23H,3-4,6-8,10-11H2,1-2H3. The van der Waals surface area contributed by atoms with Gasteiger partial charge in [-0.15, -0.1) is 11.3 Å². The van der Waals surface area contributed by atoms with Crippen LogP contribution in [0.4, 0.5) is 5.82 Å². The van der Waals surface area contributed by atoms with Crippen LogP contribution in [0.5, 0.6) is 0 Å². The van der Waals surface area contributed by atoms with Crippen LogP contribution >= 0.6 is 11.3 Å². The highest BCUT2D eigenvalue weighted by Gasteiger charge is 2.22. The zero-order valence-electron chi connectivity index (χ0n) is 16.1. The van der Waals surface area contributed by atoms with Crippen molar-refractivity contribution in [2.75, 3.05) is 24.5 Å². The predicted molar refractivity (Wildman–Crippen MR) is 113 cm³/mol. The van der Waals surface area contributed by atoms with E-state index in [4.69, 9.17) is 0 Å². The fourth-order valence-corrected chi connectivity index (χ4v) is 4.86. The van der Waals surface area contributed by atoms with Gasteiger partial charge in [0.25, 0.3) is 0 Å². The van der Waals surface area contributed by atoms with Gasteiger partial charge in [-0.25, -0.2) is 9.97 Å². The molecule has 27 heavy (non-hydrogen) atoms. The minimum atomic E-state index is 0.613. The van der Waals surface area contributed by atoms with Crippen LogP contribution in [-0.2, 0) is 6.42 Å². The zero-order chi connectivity index (χ0) is 18.6. The van der Waals surface area contributed by atoms with Crippen molar-refractivity contribution in [2.45, 2.75) is 45.6 Å². The molecule has 0 unspecified atom stereocenters. The Bertz CT molecular complexity index is 898. The molecule has 1 saturated heterocycles. The molecule has 3 aromatic heterocycles. The molecule has 0 aliphatic carbocycles. The van der Waals surface area contributed by atoms with Crippen LogP contribution in [0.1, 0.15) is 36.0 Å². The third-order valence-electron chi connectivity index (χ3n) is 5.50. The number of rotatable bonds is 6. The van der Waals surface area contributed by atoms with Crippen molar-refractivity contribution in [3.8, 4) is 0 Å². The second-order valence-electron chi connectivity index (χ2n) is 7.41. The third-order valence-corrected chi connectivity index (χ3v) is 6.58. The summed E-state index contributed by atoms with van der Waals surface area (Å²) in [5.41, 5.74) is 5.07. The summed E-state index contributed by atoms with van der Waals surface area (Å²) in [4.78, 5) is 15.6. The zero-order valence-corrected chi connectivity index (χ0v) is 16.9. The van der Waals surface area contributed by atoms with E-state index in [1.807, 2.05) is 12.4 Å². The lowest BCUT2D eigenvalue weighted by Crippen LogP contribution is -2.43. The summed E-state index contributed by atoms with van der Waals surface area (Å²) < 4.78 is 1.23. The molecule has 142 valence electrons. The number of anilines is 1. The number of thiophene rings is 1. The average molecular weight is 382 g/mol. The SMILES string of the molecule is Cc1cnccc1CCCNC1CCN(c2ncnc3c(C)csc23)CC1. The summed E-state index contributed by atoms with van der Waals surface area (Å²) >= 11 is 1.76. The van der Waals surface area contributed by atoms with Crippen LogP contribution in [0.2, 0.25) is 0 Å². The smallest absolute Gasteiger partial charge is 0.150 e. The highest BCUT2D eigenvalue weighted by atomic mass is 32.1. The van der Waals surface area contributed by atoms with Crippen molar-refractivity contribution >= 4 is 27.4 Å². The Balaban J connectivity index is 1.26. The molecule has 4 rings (SSSR count). The van der Waals surface area contributed by atoms with Gasteiger partial charge in [0.05, 0.1) is 10.2 Å². The van der Waals surface area contributed by atoms with Gasteiger partial charge in [0, 0.05) is 31.5 Å². The Hall–Kier alpha value is -2.05. The molecular formula is C21H27N5S. The molecule has 4 heterocycles. The number of nitrogens with zero attached hydrogens (tertiary/aromatic N) is 4. The first-order valence-corrected chi connectivity index (χ1v) is 10.7. The molecule has 0 bridgehead atoms. The molecule has 0 atom stereocenters. The maximum absolute atomic E-state index is 4.59. The van der Waals surface area contributed by atoms with E-state index in [1.165, 1.54) is 40.7 Å². The van der Waals surface area contributed by atoms with Crippen LogP contribution in [-0.4, -0.2) is 40.6 Å². The van der Waals surface area contributed by atoms with Crippen LogP contribution < -0.4 is 10.2 Å². The van der Waals surface area contributed by atoms with Crippen LogP contribution in [0.15, 0.2) is 30.2 Å². The second kappa shape index (κ2) is 8.31. The molecule has 1 N–H and O–H groups in total. The fraction of sp³-hybridized carbons (Fsp3) is 0.476. The van der Waals surface area contributed by atoms with E-state index in [9.17, 15) is 0 Å². The van der Waals surface area contributed by atoms with Crippen molar-refractivity contribution in [1.82, 2.24) is 20.3 Å². The summed E-state index contributed by atoms with van der Waals surface area (Å²) in [7, 11) is 0. The molecule has 0 aromatic carbocycles. The number of aromatic nitrogens is 3. The molecule has 3 aromatic rings. The van der Waals surface area contributed by atoms with Gasteiger partial charge in [0.2, 0.25) is 0 Å². The monoisotopic (exact) mass is 381 g/mol. The Kier molecular flexibility index (Phi) is 5.64. The van der Waals surface area contributed by atoms with Gasteiger partial charge in [-0.05, 0) is 74.2 Å². The largest absolute Gasteiger partial charge is 0.355 e. The van der Waals surface area contributed by atoms with Crippen LogP contribution in [0.25, 0.3) is 10.2 Å². The minimum Gasteiger partial charge on any atom is -0.355 e. The van der Waals surface area contributed by atoms with Gasteiger partial charge in [-0.2, -0.15) is 0 Å². The maximum atomic E-state index is 4.59. The molecule has 5 nitrogen and oxygen atoms in total. The normalized spacial score (nSPS) is 15.6. The first-order chi connectivity index (χ1) is 13.2. The number of pyridine rings is 1. The summed E-state index contributed by atoms with van der Waals surface area (Å²) in [6.07, 6.45) is 10.2. The quantitative estimate of drug-likeness (QED) is 0.657. The fourth-order valence-electron chi connectivity index (χ4n) is 3.85. The molecule has 1 aliphatic heterocycles. The topological polar surface area (TPSA) is 53.9 Å². The summed E-state index contributed by atoms with van der Waals surface area (Å²) in [6.45, 7) is 7.46. The summed E-state index contributed by atoms with van der Waals surface area (Å²) in [6, 6.07) is 2.75. The minimum absolute atomic E-state index is 0.613. The van der Waals surface area contributed by atoms with Gasteiger partial charge >= 0.3 is 0 Å². The van der Waals surface area contributed by atoms with Crippen molar-refractivity contribution in [3.63, 3.8) is 0 Å². The van der Waals surface area contributed by atoms with E-state index in [-0.39, 0.29) is 0 Å². The van der Waals surface area contributed by atoms with Gasteiger partial charge in [-0.1, -0.05) is 0 Å². The molecule has 1 aliphatic rings. The van der Waals surface area contributed by atoms with Crippen molar-refractivity contribution in [1.29, 1.82) is 0 Å². The van der Waals surface area contributed by atoms with Crippen molar-refractivity contribution in [3.05, 3.63) is 46.9 Å². The third kappa shape index (κ3) is 4.12. The molecule has 0 radical (unpaired) electrons. The van der Waals surface area contributed by atoms with E-state index in [2.05, 4.69) is 50.5 Å². The highest BCUT2D eigenvalue weighted by molar-refractivity contribution is 7.18. The molecule has 0 saturated carbocycles. The van der Waals surface area contributed by atoms with Crippen molar-refractivity contribution in [2.24, 2.45) is 0 Å². The summed E-state index contributed by atoms with van der Waals surface area (Å²) in [5, 5.41) is 5.93. The molecule has 0 spiro atoms. The van der Waals surface area contributed by atoms with E-state index in [0.29, 0.717) is 6.04 Å². The van der Waals surface area contributed by atoms with Gasteiger partial charge in [-0.3, -0.25) is 4.98 Å². The second-order valence-corrected chi connectivity index (χ2v) is 8.29. The van der Waals surface area contributed by atoms with Gasteiger partial charge < -0.3 is 10.2 Å². The Morgan fingerprint density at radius 3 is 2.85 bits per heavy atom. The van der Waals surface area contributed by atoms with Crippen LogP contribution in [0.3, 0.4) is 0 Å². The lowest BCUT2D eigenvalue weighted by Gasteiger charge is -2.33. The molecule has 1 fully saturated rings. The highest BCUT2D eigenvalue weighted by Crippen LogP contribution is 2.32. The van der Waals surface area contributed by atoms with Crippen molar-refractivity contribution < 1.29 is 0 Å². The van der Waals surface area contributed by atoms with E-state index >= 15 is 0 Å². The van der Waals surface area contributed by atoms with E-state index in [0.717, 1.165) is 37.4 Å². The Labute approximate surface area is 164 Å². The Morgan fingerprint density at radius 1 is 1.19 bits per heavy atom. The van der Waals surface area contributed by atoms with Gasteiger partial charge in [0.15, 0.2) is 0 Å². The number of aryl methyl sites for hydroxylation is 3. The van der Waals surface area contributed by atoms with Crippen LogP contribution in [0, 0.1) is 13.8 Å². The van der Waals surface area contributed by atoms with E-state index < -0.39 is 0 Å². The summed E-state index contributed by atoms with van der Waals surface area (Å²) in [5.74, 6) is 1.12. The Morgan fingerprint density at radius 2 is 2.04 bits per heavy atom. The number of nitrogens with one attached hydrogen (secondary N) is 1. The predicted octanol–water partition coefficient (Wildman–Crippen LogP) is 3.89. The molecular weight excluding hydrogens is 354 g/mol. The number of fused-ring (bicyclic) bond motifs is 1.